The number of hydrogen-bond acceptors (Lipinski definition) is 0. The molecule has 0 bridgehead atoms. The highest BCUT2D eigenvalue weighted by atomic mass is 14.9. The van der Waals surface area contributed by atoms with Gasteiger partial charge in [-0.3, -0.25) is 0 Å². The predicted molar refractivity (Wildman–Crippen MR) is 100 cm³/mol. The highest BCUT2D eigenvalue weighted by Gasteiger charge is 2.12. The largest absolute Gasteiger partial charge is 0.343 e. The van der Waals surface area contributed by atoms with Crippen molar-refractivity contribution < 1.29 is 0 Å². The molecule has 0 aliphatic heterocycles. The van der Waals surface area contributed by atoms with Crippen molar-refractivity contribution in [2.24, 2.45) is 7.05 Å². The lowest BCUT2D eigenvalue weighted by atomic mass is 9.99. The van der Waals surface area contributed by atoms with Crippen molar-refractivity contribution in [3.63, 3.8) is 0 Å². The van der Waals surface area contributed by atoms with E-state index in [-0.39, 0.29) is 0 Å². The van der Waals surface area contributed by atoms with Crippen molar-refractivity contribution in [3.05, 3.63) is 72.3 Å². The van der Waals surface area contributed by atoms with Gasteiger partial charge in [0, 0.05) is 28.7 Å². The van der Waals surface area contributed by atoms with E-state index >= 15 is 0 Å². The van der Waals surface area contributed by atoms with Gasteiger partial charge in [-0.15, -0.1) is 0 Å². The number of aryl methyl sites for hydroxylation is 2. The second-order valence-corrected chi connectivity index (χ2v) is 6.42. The first-order valence-corrected chi connectivity index (χ1v) is 8.03. The van der Waals surface area contributed by atoms with Crippen LogP contribution in [0.4, 0.5) is 0 Å². The highest BCUT2D eigenvalue weighted by molar-refractivity contribution is 6.22. The summed E-state index contributed by atoms with van der Waals surface area (Å²) in [5.74, 6) is 0. The van der Waals surface area contributed by atoms with E-state index in [9.17, 15) is 0 Å². The van der Waals surface area contributed by atoms with Gasteiger partial charge in [0.1, 0.15) is 0 Å². The molecule has 1 heteroatoms. The molecule has 0 saturated carbocycles. The number of aromatic nitrogens is 1. The van der Waals surface area contributed by atoms with E-state index < -0.39 is 0 Å². The van der Waals surface area contributed by atoms with Crippen molar-refractivity contribution >= 4 is 43.4 Å². The standard InChI is InChI=1S/C22H17N/c1-14-7-9-18-20-12-11-17-16-6-4-3-5-15(16)8-10-19(17)22(20)23(2)21(18)13-14/h3-13H,1-2H3. The number of nitrogens with zero attached hydrogens (tertiary/aromatic N) is 1. The molecule has 0 aliphatic rings. The Labute approximate surface area is 134 Å². The Hall–Kier alpha value is -2.80. The average Bonchev–Trinajstić information content (AvgIpc) is 2.87. The Bertz CT molecular complexity index is 1220. The first-order valence-electron chi connectivity index (χ1n) is 8.03. The van der Waals surface area contributed by atoms with Crippen molar-refractivity contribution in [3.8, 4) is 0 Å². The van der Waals surface area contributed by atoms with Gasteiger partial charge in [0.05, 0.1) is 5.52 Å². The van der Waals surface area contributed by atoms with Gasteiger partial charge in [-0.05, 0) is 34.7 Å². The fraction of sp³-hybridized carbons (Fsp3) is 0.0909. The van der Waals surface area contributed by atoms with Crippen molar-refractivity contribution in [1.29, 1.82) is 0 Å². The summed E-state index contributed by atoms with van der Waals surface area (Å²) in [6.45, 7) is 2.16. The highest BCUT2D eigenvalue weighted by Crippen LogP contribution is 2.36. The molecule has 0 spiro atoms. The molecule has 0 radical (unpaired) electrons. The predicted octanol–water partition coefficient (Wildman–Crippen LogP) is 5.95. The summed E-state index contributed by atoms with van der Waals surface area (Å²) >= 11 is 0. The van der Waals surface area contributed by atoms with Gasteiger partial charge in [0.25, 0.3) is 0 Å². The van der Waals surface area contributed by atoms with Gasteiger partial charge < -0.3 is 4.57 Å². The maximum atomic E-state index is 2.34. The molecule has 0 N–H and O–H groups in total. The molecule has 4 aromatic carbocycles. The number of benzene rings is 4. The lowest BCUT2D eigenvalue weighted by molar-refractivity contribution is 1.02. The maximum absolute atomic E-state index is 2.34. The second-order valence-electron chi connectivity index (χ2n) is 6.42. The van der Waals surface area contributed by atoms with Crippen LogP contribution in [-0.4, -0.2) is 4.57 Å². The molecule has 0 fully saturated rings. The molecule has 1 nitrogen and oxygen atoms in total. The Morgan fingerprint density at radius 3 is 2.26 bits per heavy atom. The van der Waals surface area contributed by atoms with Crippen LogP contribution in [0.2, 0.25) is 0 Å². The summed E-state index contributed by atoms with van der Waals surface area (Å²) < 4.78 is 2.34. The zero-order chi connectivity index (χ0) is 15.6. The van der Waals surface area contributed by atoms with Gasteiger partial charge in [-0.2, -0.15) is 0 Å². The minimum Gasteiger partial charge on any atom is -0.343 e. The van der Waals surface area contributed by atoms with E-state index in [0.717, 1.165) is 0 Å². The molecule has 23 heavy (non-hydrogen) atoms. The van der Waals surface area contributed by atoms with Crippen LogP contribution in [0.3, 0.4) is 0 Å². The van der Waals surface area contributed by atoms with Gasteiger partial charge >= 0.3 is 0 Å². The molecule has 5 aromatic rings. The van der Waals surface area contributed by atoms with Gasteiger partial charge in [-0.25, -0.2) is 0 Å². The Morgan fingerprint density at radius 1 is 0.652 bits per heavy atom. The third-order valence-electron chi connectivity index (χ3n) is 5.04. The van der Waals surface area contributed by atoms with E-state index in [2.05, 4.69) is 85.3 Å². The van der Waals surface area contributed by atoms with E-state index in [4.69, 9.17) is 0 Å². The monoisotopic (exact) mass is 295 g/mol. The number of fused-ring (bicyclic) bond motifs is 7. The van der Waals surface area contributed by atoms with Crippen LogP contribution >= 0.6 is 0 Å². The smallest absolute Gasteiger partial charge is 0.0568 e. The van der Waals surface area contributed by atoms with E-state index in [1.54, 1.807) is 0 Å². The Morgan fingerprint density at radius 2 is 1.35 bits per heavy atom. The fourth-order valence-corrected chi connectivity index (χ4v) is 3.92. The number of hydrogen-bond donors (Lipinski definition) is 0. The Kier molecular flexibility index (Phi) is 2.41. The first kappa shape index (κ1) is 12.7. The van der Waals surface area contributed by atoms with Gasteiger partial charge in [0.15, 0.2) is 0 Å². The van der Waals surface area contributed by atoms with Crippen LogP contribution in [-0.2, 0) is 7.05 Å². The van der Waals surface area contributed by atoms with Gasteiger partial charge in [0.2, 0.25) is 0 Å². The SMILES string of the molecule is Cc1ccc2c3ccc4c5ccccc5ccc4c3n(C)c2c1. The topological polar surface area (TPSA) is 4.93 Å². The summed E-state index contributed by atoms with van der Waals surface area (Å²) in [6, 6.07) is 24.4. The molecule has 5 rings (SSSR count). The maximum Gasteiger partial charge on any atom is 0.0568 e. The summed E-state index contributed by atoms with van der Waals surface area (Å²) in [7, 11) is 2.18. The third-order valence-corrected chi connectivity index (χ3v) is 5.04. The minimum atomic E-state index is 1.30. The van der Waals surface area contributed by atoms with E-state index in [1.165, 1.54) is 48.9 Å². The van der Waals surface area contributed by atoms with E-state index in [0.29, 0.717) is 0 Å². The second kappa shape index (κ2) is 4.36. The molecule has 0 amide bonds. The number of rotatable bonds is 0. The fourth-order valence-electron chi connectivity index (χ4n) is 3.92. The van der Waals surface area contributed by atoms with Gasteiger partial charge in [-0.1, -0.05) is 60.7 Å². The summed E-state index contributed by atoms with van der Waals surface area (Å²) in [5.41, 5.74) is 3.94. The summed E-state index contributed by atoms with van der Waals surface area (Å²) in [6.07, 6.45) is 0. The molecule has 110 valence electrons. The molecular formula is C22H17N. The first-order chi connectivity index (χ1) is 11.2. The van der Waals surface area contributed by atoms with E-state index in [1.807, 2.05) is 0 Å². The van der Waals surface area contributed by atoms with Crippen molar-refractivity contribution in [2.75, 3.05) is 0 Å². The van der Waals surface area contributed by atoms with Crippen molar-refractivity contribution in [2.45, 2.75) is 6.92 Å². The van der Waals surface area contributed by atoms with Crippen LogP contribution in [0.5, 0.6) is 0 Å². The van der Waals surface area contributed by atoms with Crippen LogP contribution in [0.25, 0.3) is 43.4 Å². The summed E-state index contributed by atoms with van der Waals surface area (Å²) in [5, 5.41) is 7.96. The van der Waals surface area contributed by atoms with Crippen LogP contribution in [0, 0.1) is 6.92 Å². The average molecular weight is 295 g/mol. The summed E-state index contributed by atoms with van der Waals surface area (Å²) in [4.78, 5) is 0. The Balaban J connectivity index is 2.08. The normalized spacial score (nSPS) is 11.9. The molecule has 0 atom stereocenters. The molecule has 0 saturated heterocycles. The quantitative estimate of drug-likeness (QED) is 0.311. The van der Waals surface area contributed by atoms with Crippen LogP contribution < -0.4 is 0 Å². The molecule has 1 heterocycles. The zero-order valence-corrected chi connectivity index (χ0v) is 13.3. The molecule has 0 unspecified atom stereocenters. The van der Waals surface area contributed by atoms with Crippen LogP contribution in [0.15, 0.2) is 66.7 Å². The third kappa shape index (κ3) is 1.62. The lowest BCUT2D eigenvalue weighted by Gasteiger charge is -2.07. The molecule has 1 aromatic heterocycles. The molecule has 0 aliphatic carbocycles. The zero-order valence-electron chi connectivity index (χ0n) is 13.3. The van der Waals surface area contributed by atoms with Crippen LogP contribution in [0.1, 0.15) is 5.56 Å². The lowest BCUT2D eigenvalue weighted by Crippen LogP contribution is -1.88. The van der Waals surface area contributed by atoms with Crippen molar-refractivity contribution in [1.82, 2.24) is 4.57 Å². The molecular weight excluding hydrogens is 278 g/mol. The minimum absolute atomic E-state index is 1.30.